The van der Waals surface area contributed by atoms with Gasteiger partial charge in [-0.1, -0.05) is 6.07 Å². The van der Waals surface area contributed by atoms with E-state index in [9.17, 15) is 23.1 Å². The molecule has 0 bridgehead atoms. The standard InChI is InChI=1S/C27H32F3N3O3/c28-27(29,30)19-2-4-21(5-3-19)32-15-11-22(12-16-32)36-23-6-7-24-18(17-23)1-8-25(24)31-20-9-13-33(14-10-20)26(34)35/h2-7,17,20,22,25,31H,1,8-16H2,(H,34,35)/p-1. The molecule has 9 heteroatoms. The quantitative estimate of drug-likeness (QED) is 0.666. The minimum atomic E-state index is -4.32. The number of fused-ring (bicyclic) bond motifs is 1. The van der Waals surface area contributed by atoms with Crippen LogP contribution in [-0.4, -0.2) is 49.3 Å². The Morgan fingerprint density at radius 2 is 1.64 bits per heavy atom. The van der Waals surface area contributed by atoms with E-state index >= 15 is 0 Å². The van der Waals surface area contributed by atoms with Crippen molar-refractivity contribution >= 4 is 11.8 Å². The number of nitrogens with zero attached hydrogens (tertiary/aromatic N) is 2. The molecule has 1 unspecified atom stereocenters. The molecule has 2 saturated heterocycles. The van der Waals surface area contributed by atoms with Gasteiger partial charge >= 0.3 is 6.18 Å². The molecule has 0 saturated carbocycles. The van der Waals surface area contributed by atoms with Crippen molar-refractivity contribution in [2.75, 3.05) is 31.1 Å². The minimum absolute atomic E-state index is 0.0815. The lowest BCUT2D eigenvalue weighted by atomic mass is 10.0. The first-order chi connectivity index (χ1) is 17.3. The molecule has 2 aromatic carbocycles. The van der Waals surface area contributed by atoms with Crippen LogP contribution in [0.1, 0.15) is 54.8 Å². The van der Waals surface area contributed by atoms with E-state index in [0.717, 1.165) is 75.2 Å². The zero-order valence-electron chi connectivity index (χ0n) is 20.1. The van der Waals surface area contributed by atoms with Crippen LogP contribution in [-0.2, 0) is 12.6 Å². The number of carbonyl (C=O) groups is 1. The van der Waals surface area contributed by atoms with Crippen molar-refractivity contribution in [1.82, 2.24) is 10.2 Å². The number of nitrogens with one attached hydrogen (secondary N) is 1. The van der Waals surface area contributed by atoms with Gasteiger partial charge in [0.1, 0.15) is 17.9 Å². The molecule has 6 nitrogen and oxygen atoms in total. The number of amides is 1. The van der Waals surface area contributed by atoms with Crippen molar-refractivity contribution in [3.8, 4) is 5.75 Å². The van der Waals surface area contributed by atoms with Crippen LogP contribution in [0.5, 0.6) is 5.75 Å². The monoisotopic (exact) mass is 502 g/mol. The maximum atomic E-state index is 12.8. The zero-order chi connectivity index (χ0) is 25.3. The van der Waals surface area contributed by atoms with Crippen LogP contribution in [0, 0.1) is 0 Å². The van der Waals surface area contributed by atoms with Crippen LogP contribution in [0.2, 0.25) is 0 Å². The second-order valence-corrected chi connectivity index (χ2v) is 9.99. The lowest BCUT2D eigenvalue weighted by Crippen LogP contribution is -2.49. The summed E-state index contributed by atoms with van der Waals surface area (Å²) in [6.07, 6.45) is -0.101. The SMILES string of the molecule is O=C([O-])N1CCC(NC2CCc3cc(OC4CCN(c5ccc(C(F)(F)F)cc5)CC4)ccc32)CC1. The molecule has 1 N–H and O–H groups in total. The van der Waals surface area contributed by atoms with Crippen LogP contribution in [0.3, 0.4) is 0 Å². The number of rotatable bonds is 5. The third-order valence-electron chi connectivity index (χ3n) is 7.69. The Hall–Kier alpha value is -2.94. The number of piperidine rings is 2. The Balaban J connectivity index is 1.11. The highest BCUT2D eigenvalue weighted by Gasteiger charge is 2.31. The molecule has 194 valence electrons. The first kappa shape index (κ1) is 24.7. The first-order valence-corrected chi connectivity index (χ1v) is 12.7. The van der Waals surface area contributed by atoms with Gasteiger partial charge < -0.3 is 29.8 Å². The highest BCUT2D eigenvalue weighted by atomic mass is 19.4. The van der Waals surface area contributed by atoms with Gasteiger partial charge in [-0.3, -0.25) is 0 Å². The maximum absolute atomic E-state index is 12.8. The van der Waals surface area contributed by atoms with Gasteiger partial charge in [0.2, 0.25) is 0 Å². The van der Waals surface area contributed by atoms with Gasteiger partial charge in [0.15, 0.2) is 0 Å². The van der Waals surface area contributed by atoms with Crippen LogP contribution >= 0.6 is 0 Å². The molecule has 2 aliphatic heterocycles. The molecule has 0 aromatic heterocycles. The zero-order valence-corrected chi connectivity index (χ0v) is 20.1. The molecule has 1 atom stereocenters. The molecule has 2 heterocycles. The number of hydrogen-bond acceptors (Lipinski definition) is 5. The highest BCUT2D eigenvalue weighted by molar-refractivity contribution is 5.62. The Labute approximate surface area is 209 Å². The van der Waals surface area contributed by atoms with E-state index in [4.69, 9.17) is 4.74 Å². The second-order valence-electron chi connectivity index (χ2n) is 9.99. The summed E-state index contributed by atoms with van der Waals surface area (Å²) in [7, 11) is 0. The van der Waals surface area contributed by atoms with Gasteiger partial charge in [0.05, 0.1) is 5.56 Å². The Morgan fingerprint density at radius 1 is 0.944 bits per heavy atom. The topological polar surface area (TPSA) is 67.9 Å². The number of carboxylic acid groups (broad SMARTS) is 1. The van der Waals surface area contributed by atoms with Crippen molar-refractivity contribution < 1.29 is 27.8 Å². The molecular weight excluding hydrogens is 471 g/mol. The van der Waals surface area contributed by atoms with Gasteiger partial charge in [0.25, 0.3) is 0 Å². The summed E-state index contributed by atoms with van der Waals surface area (Å²) in [5, 5.41) is 14.7. The van der Waals surface area contributed by atoms with Crippen molar-refractivity contribution in [1.29, 1.82) is 0 Å². The maximum Gasteiger partial charge on any atom is 0.416 e. The van der Waals surface area contributed by atoms with Crippen LogP contribution in [0.4, 0.5) is 23.7 Å². The fourth-order valence-electron chi connectivity index (χ4n) is 5.64. The average molecular weight is 503 g/mol. The Kier molecular flexibility index (Phi) is 7.01. The lowest BCUT2D eigenvalue weighted by Gasteiger charge is -2.35. The van der Waals surface area contributed by atoms with Crippen LogP contribution < -0.4 is 20.1 Å². The van der Waals surface area contributed by atoms with E-state index in [1.807, 2.05) is 6.07 Å². The van der Waals surface area contributed by atoms with Crippen LogP contribution in [0.25, 0.3) is 0 Å². The van der Waals surface area contributed by atoms with E-state index < -0.39 is 17.8 Å². The fourth-order valence-corrected chi connectivity index (χ4v) is 5.64. The number of ether oxygens (including phenoxy) is 1. The number of hydrogen-bond donors (Lipinski definition) is 1. The molecule has 36 heavy (non-hydrogen) atoms. The Morgan fingerprint density at radius 3 is 2.28 bits per heavy atom. The van der Waals surface area contributed by atoms with E-state index in [2.05, 4.69) is 22.3 Å². The van der Waals surface area contributed by atoms with Gasteiger partial charge in [-0.05, 0) is 73.2 Å². The Bertz CT molecular complexity index is 1060. The van der Waals surface area contributed by atoms with Crippen molar-refractivity contribution in [2.45, 2.75) is 62.9 Å². The number of carbonyl (C=O) groups excluding carboxylic acids is 1. The highest BCUT2D eigenvalue weighted by Crippen LogP contribution is 2.36. The van der Waals surface area contributed by atoms with Crippen molar-refractivity contribution in [3.05, 3.63) is 59.2 Å². The van der Waals surface area contributed by atoms with E-state index in [1.54, 1.807) is 12.1 Å². The second kappa shape index (κ2) is 10.2. The van der Waals surface area contributed by atoms with Gasteiger partial charge in [-0.15, -0.1) is 0 Å². The van der Waals surface area contributed by atoms with Gasteiger partial charge in [-0.2, -0.15) is 13.2 Å². The van der Waals surface area contributed by atoms with E-state index in [1.165, 1.54) is 16.0 Å². The summed E-state index contributed by atoms with van der Waals surface area (Å²) in [6, 6.07) is 12.3. The third-order valence-corrected chi connectivity index (χ3v) is 7.69. The number of likely N-dealkylation sites (tertiary alicyclic amines) is 1. The molecule has 0 radical (unpaired) electrons. The van der Waals surface area contributed by atoms with Crippen molar-refractivity contribution in [2.24, 2.45) is 0 Å². The number of benzene rings is 2. The first-order valence-electron chi connectivity index (χ1n) is 12.7. The average Bonchev–Trinajstić information content (AvgIpc) is 3.26. The summed E-state index contributed by atoms with van der Waals surface area (Å²) in [6.45, 7) is 2.52. The predicted molar refractivity (Wildman–Crippen MR) is 128 cm³/mol. The minimum Gasteiger partial charge on any atom is -0.530 e. The fraction of sp³-hybridized carbons (Fsp3) is 0.519. The van der Waals surface area contributed by atoms with Gasteiger partial charge in [-0.25, -0.2) is 0 Å². The van der Waals surface area contributed by atoms with Gasteiger partial charge in [0, 0.05) is 56.8 Å². The summed E-state index contributed by atoms with van der Waals surface area (Å²) in [4.78, 5) is 14.5. The van der Waals surface area contributed by atoms with Crippen molar-refractivity contribution in [3.63, 3.8) is 0 Å². The van der Waals surface area contributed by atoms with E-state index in [-0.39, 0.29) is 12.1 Å². The summed E-state index contributed by atoms with van der Waals surface area (Å²) in [5.41, 5.74) is 2.77. The molecule has 1 aliphatic carbocycles. The summed E-state index contributed by atoms with van der Waals surface area (Å²) >= 11 is 0. The molecular formula is C27H31F3N3O3-. The summed E-state index contributed by atoms with van der Waals surface area (Å²) in [5.74, 6) is 0.865. The normalized spacial score (nSPS) is 21.5. The number of aryl methyl sites for hydroxylation is 1. The summed E-state index contributed by atoms with van der Waals surface area (Å²) < 4.78 is 44.7. The number of anilines is 1. The van der Waals surface area contributed by atoms with E-state index in [0.29, 0.717) is 19.1 Å². The van der Waals surface area contributed by atoms with Crippen LogP contribution in [0.15, 0.2) is 42.5 Å². The molecule has 0 spiro atoms. The smallest absolute Gasteiger partial charge is 0.416 e. The molecule has 3 aliphatic rings. The largest absolute Gasteiger partial charge is 0.530 e. The third kappa shape index (κ3) is 5.56. The molecule has 5 rings (SSSR count). The number of alkyl halides is 3. The molecule has 2 fully saturated rings. The lowest BCUT2D eigenvalue weighted by molar-refractivity contribution is -0.266. The molecule has 2 aromatic rings. The number of halogens is 3. The predicted octanol–water partition coefficient (Wildman–Crippen LogP) is 4.14. The molecule has 1 amide bonds.